The minimum absolute atomic E-state index is 0.389. The van der Waals surface area contributed by atoms with Crippen molar-refractivity contribution in [3.63, 3.8) is 0 Å². The molecule has 1 aliphatic rings. The third-order valence-corrected chi connectivity index (χ3v) is 3.66. The second-order valence-electron chi connectivity index (χ2n) is 5.68. The molecule has 1 fully saturated rings. The van der Waals surface area contributed by atoms with Crippen LogP contribution < -0.4 is 5.32 Å². The van der Waals surface area contributed by atoms with Crippen LogP contribution in [0.15, 0.2) is 0 Å². The Kier molecular flexibility index (Phi) is 6.71. The lowest BCUT2D eigenvalue weighted by molar-refractivity contribution is 0.289. The zero-order valence-corrected chi connectivity index (χ0v) is 11.7. The minimum Gasteiger partial charge on any atom is -0.315 e. The van der Waals surface area contributed by atoms with E-state index in [4.69, 9.17) is 11.6 Å². The third kappa shape index (κ3) is 6.07. The molecule has 1 rings (SSSR count). The Labute approximate surface area is 106 Å². The van der Waals surface area contributed by atoms with Crippen molar-refractivity contribution >= 4 is 11.6 Å². The normalized spacial score (nSPS) is 18.2. The quantitative estimate of drug-likeness (QED) is 0.523. The first-order chi connectivity index (χ1) is 7.64. The van der Waals surface area contributed by atoms with Gasteiger partial charge in [0.1, 0.15) is 0 Å². The molecule has 3 heteroatoms. The molecule has 0 aromatic rings. The summed E-state index contributed by atoms with van der Waals surface area (Å²) in [4.78, 5) is 2.55. The molecule has 0 radical (unpaired) electrons. The van der Waals surface area contributed by atoms with Crippen molar-refractivity contribution in [1.29, 1.82) is 0 Å². The van der Waals surface area contributed by atoms with E-state index in [2.05, 4.69) is 24.1 Å². The van der Waals surface area contributed by atoms with Crippen molar-refractivity contribution < 1.29 is 0 Å². The molecule has 1 N–H and O–H groups in total. The van der Waals surface area contributed by atoms with Crippen molar-refractivity contribution in [3.05, 3.63) is 0 Å². The zero-order chi connectivity index (χ0) is 11.9. The summed E-state index contributed by atoms with van der Waals surface area (Å²) in [6, 6.07) is 0. The van der Waals surface area contributed by atoms with E-state index in [0.717, 1.165) is 25.4 Å². The van der Waals surface area contributed by atoms with E-state index in [1.807, 2.05) is 0 Å². The summed E-state index contributed by atoms with van der Waals surface area (Å²) in [5, 5.41) is 3.58. The first-order valence-corrected chi connectivity index (χ1v) is 7.16. The lowest BCUT2D eigenvalue weighted by Crippen LogP contribution is -2.35. The van der Waals surface area contributed by atoms with Gasteiger partial charge in [-0.3, -0.25) is 0 Å². The molecule has 1 saturated heterocycles. The Bertz CT molecular complexity index is 177. The zero-order valence-electron chi connectivity index (χ0n) is 10.9. The molecule has 16 heavy (non-hydrogen) atoms. The lowest BCUT2D eigenvalue weighted by atomic mass is 9.88. The summed E-state index contributed by atoms with van der Waals surface area (Å²) in [6.45, 7) is 10.7. The van der Waals surface area contributed by atoms with E-state index in [9.17, 15) is 0 Å². The summed E-state index contributed by atoms with van der Waals surface area (Å²) in [5.74, 6) is 0.789. The van der Waals surface area contributed by atoms with Crippen LogP contribution in [0.5, 0.6) is 0 Å². The predicted octanol–water partition coefficient (Wildman–Crippen LogP) is 2.72. The van der Waals surface area contributed by atoms with Crippen molar-refractivity contribution in [2.24, 2.45) is 5.41 Å². The van der Waals surface area contributed by atoms with E-state index >= 15 is 0 Å². The molecule has 0 bridgehead atoms. The minimum atomic E-state index is 0.389. The Morgan fingerprint density at radius 3 is 2.56 bits per heavy atom. The average molecular weight is 247 g/mol. The fourth-order valence-corrected chi connectivity index (χ4v) is 2.44. The van der Waals surface area contributed by atoms with Crippen LogP contribution >= 0.6 is 11.6 Å². The second-order valence-corrected chi connectivity index (χ2v) is 6.06. The van der Waals surface area contributed by atoms with Crippen LogP contribution in [0, 0.1) is 5.41 Å². The second kappa shape index (κ2) is 7.52. The maximum atomic E-state index is 5.73. The van der Waals surface area contributed by atoms with Gasteiger partial charge in [0.05, 0.1) is 0 Å². The number of nitrogens with one attached hydrogen (secondary N) is 1. The Morgan fingerprint density at radius 1 is 1.25 bits per heavy atom. The van der Waals surface area contributed by atoms with Crippen LogP contribution in [0.4, 0.5) is 0 Å². The van der Waals surface area contributed by atoms with E-state index in [1.165, 1.54) is 38.9 Å². The van der Waals surface area contributed by atoms with Gasteiger partial charge in [-0.1, -0.05) is 13.8 Å². The van der Waals surface area contributed by atoms with Gasteiger partial charge >= 0.3 is 0 Å². The molecule has 0 aliphatic carbocycles. The molecular weight excluding hydrogens is 220 g/mol. The molecule has 0 atom stereocenters. The fraction of sp³-hybridized carbons (Fsp3) is 1.00. The van der Waals surface area contributed by atoms with Gasteiger partial charge in [0, 0.05) is 25.5 Å². The van der Waals surface area contributed by atoms with Crippen LogP contribution in [0.3, 0.4) is 0 Å². The molecule has 0 saturated carbocycles. The molecule has 1 aliphatic heterocycles. The molecule has 0 spiro atoms. The van der Waals surface area contributed by atoms with E-state index in [0.29, 0.717) is 5.41 Å². The molecule has 0 aromatic carbocycles. The summed E-state index contributed by atoms with van der Waals surface area (Å²) in [6.07, 6.45) is 5.12. The van der Waals surface area contributed by atoms with Gasteiger partial charge in [0.15, 0.2) is 0 Å². The number of halogens is 1. The maximum absolute atomic E-state index is 5.73. The summed E-state index contributed by atoms with van der Waals surface area (Å²) >= 11 is 5.73. The number of hydrogen-bond acceptors (Lipinski definition) is 2. The third-order valence-electron chi connectivity index (χ3n) is 3.39. The van der Waals surface area contributed by atoms with Gasteiger partial charge in [0.2, 0.25) is 0 Å². The monoisotopic (exact) mass is 246 g/mol. The number of likely N-dealkylation sites (tertiary alicyclic amines) is 1. The van der Waals surface area contributed by atoms with Crippen molar-refractivity contribution in [2.45, 2.75) is 39.5 Å². The maximum Gasteiger partial charge on any atom is 0.0223 e. The first-order valence-electron chi connectivity index (χ1n) is 6.63. The smallest absolute Gasteiger partial charge is 0.0223 e. The van der Waals surface area contributed by atoms with Crippen LogP contribution in [0.25, 0.3) is 0 Å². The van der Waals surface area contributed by atoms with E-state index < -0.39 is 0 Å². The molecule has 0 aromatic heterocycles. The molecule has 0 amide bonds. The van der Waals surface area contributed by atoms with Gasteiger partial charge in [-0.25, -0.2) is 0 Å². The Balaban J connectivity index is 2.00. The van der Waals surface area contributed by atoms with Crippen molar-refractivity contribution in [1.82, 2.24) is 10.2 Å². The van der Waals surface area contributed by atoms with Gasteiger partial charge in [-0.15, -0.1) is 11.6 Å². The van der Waals surface area contributed by atoms with Gasteiger partial charge in [0.25, 0.3) is 0 Å². The average Bonchev–Trinajstić information content (AvgIpc) is 2.75. The summed E-state index contributed by atoms with van der Waals surface area (Å²) in [7, 11) is 0. The topological polar surface area (TPSA) is 15.3 Å². The van der Waals surface area contributed by atoms with Crippen LogP contribution in [-0.4, -0.2) is 43.5 Å². The van der Waals surface area contributed by atoms with Crippen molar-refractivity contribution in [3.8, 4) is 0 Å². The number of nitrogens with zero attached hydrogens (tertiary/aromatic N) is 1. The molecule has 96 valence electrons. The van der Waals surface area contributed by atoms with Crippen LogP contribution in [-0.2, 0) is 0 Å². The van der Waals surface area contributed by atoms with Gasteiger partial charge < -0.3 is 10.2 Å². The molecular formula is C13H27ClN2. The van der Waals surface area contributed by atoms with Crippen LogP contribution in [0.2, 0.25) is 0 Å². The van der Waals surface area contributed by atoms with E-state index in [1.54, 1.807) is 0 Å². The van der Waals surface area contributed by atoms with Gasteiger partial charge in [-0.2, -0.15) is 0 Å². The summed E-state index contributed by atoms with van der Waals surface area (Å²) < 4.78 is 0. The highest BCUT2D eigenvalue weighted by molar-refractivity contribution is 6.17. The van der Waals surface area contributed by atoms with Crippen molar-refractivity contribution in [2.75, 3.05) is 38.6 Å². The highest BCUT2D eigenvalue weighted by Crippen LogP contribution is 2.21. The first kappa shape index (κ1) is 14.3. The van der Waals surface area contributed by atoms with E-state index in [-0.39, 0.29) is 0 Å². The lowest BCUT2D eigenvalue weighted by Gasteiger charge is -2.25. The standard InChI is InChI=1S/C13H27ClN2/c1-13(2,6-5-7-14)12-15-8-11-16-9-3-4-10-16/h15H,3-12H2,1-2H3. The fourth-order valence-electron chi connectivity index (χ4n) is 2.30. The highest BCUT2D eigenvalue weighted by Gasteiger charge is 2.17. The SMILES string of the molecule is CC(C)(CCCCl)CNCCN1CCCC1. The molecule has 0 unspecified atom stereocenters. The molecule has 1 heterocycles. The van der Waals surface area contributed by atoms with Gasteiger partial charge in [-0.05, 0) is 44.2 Å². The Morgan fingerprint density at radius 2 is 1.94 bits per heavy atom. The largest absolute Gasteiger partial charge is 0.315 e. The highest BCUT2D eigenvalue weighted by atomic mass is 35.5. The number of hydrogen-bond donors (Lipinski definition) is 1. The Hall–Kier alpha value is 0.210. The molecule has 2 nitrogen and oxygen atoms in total. The number of alkyl halides is 1. The predicted molar refractivity (Wildman–Crippen MR) is 72.3 cm³/mol. The van der Waals surface area contributed by atoms with Crippen LogP contribution in [0.1, 0.15) is 39.5 Å². The summed E-state index contributed by atoms with van der Waals surface area (Å²) in [5.41, 5.74) is 0.389. The number of rotatable bonds is 8.